The van der Waals surface area contributed by atoms with Gasteiger partial charge in [0.05, 0.1) is 4.92 Å². The summed E-state index contributed by atoms with van der Waals surface area (Å²) >= 11 is 0. The van der Waals surface area contributed by atoms with E-state index in [4.69, 9.17) is 10.5 Å². The van der Waals surface area contributed by atoms with Gasteiger partial charge >= 0.3 is 5.69 Å². The molecule has 1 saturated carbocycles. The minimum Gasteiger partial charge on any atom is -0.477 e. The average Bonchev–Trinajstić information content (AvgIpc) is 2.48. The number of benzene rings is 1. The van der Waals surface area contributed by atoms with Crippen molar-refractivity contribution in [3.05, 3.63) is 34.4 Å². The molecule has 7 nitrogen and oxygen atoms in total. The molecule has 0 atom stereocenters. The molecule has 0 radical (unpaired) electrons. The standard InChI is InChI=1S/C14H19N3O4.ClH/c15-10-5-7-11(8-6-10)16-14(18)9-21-13-4-2-1-3-12(13)17(19)20;/h1-4,10-11H,5-9,15H2,(H,16,18);1H. The maximum Gasteiger partial charge on any atom is 0.310 e. The zero-order valence-corrected chi connectivity index (χ0v) is 12.9. The van der Waals surface area contributed by atoms with E-state index in [1.165, 1.54) is 12.1 Å². The number of nitro benzene ring substituents is 1. The minimum atomic E-state index is -0.532. The first-order chi connectivity index (χ1) is 10.1. The van der Waals surface area contributed by atoms with E-state index in [1.54, 1.807) is 12.1 Å². The van der Waals surface area contributed by atoms with Gasteiger partial charge in [-0.3, -0.25) is 14.9 Å². The maximum absolute atomic E-state index is 11.8. The van der Waals surface area contributed by atoms with Gasteiger partial charge in [-0.1, -0.05) is 12.1 Å². The summed E-state index contributed by atoms with van der Waals surface area (Å²) in [5, 5.41) is 13.7. The molecule has 0 heterocycles. The predicted molar refractivity (Wildman–Crippen MR) is 84.2 cm³/mol. The van der Waals surface area contributed by atoms with Gasteiger partial charge in [-0.15, -0.1) is 12.4 Å². The van der Waals surface area contributed by atoms with E-state index in [9.17, 15) is 14.9 Å². The van der Waals surface area contributed by atoms with Crippen molar-refractivity contribution < 1.29 is 14.5 Å². The smallest absolute Gasteiger partial charge is 0.310 e. The molecule has 22 heavy (non-hydrogen) atoms. The van der Waals surface area contributed by atoms with Gasteiger partial charge in [0, 0.05) is 18.2 Å². The topological polar surface area (TPSA) is 107 Å². The third-order valence-electron chi connectivity index (χ3n) is 3.56. The number of hydrogen-bond donors (Lipinski definition) is 2. The zero-order chi connectivity index (χ0) is 15.2. The predicted octanol–water partition coefficient (Wildman–Crippen LogP) is 1.78. The van der Waals surface area contributed by atoms with Crippen LogP contribution in [0.4, 0.5) is 5.69 Å². The van der Waals surface area contributed by atoms with Crippen molar-refractivity contribution in [1.82, 2.24) is 5.32 Å². The summed E-state index contributed by atoms with van der Waals surface area (Å²) in [5.74, 6) is -0.170. The Labute approximate surface area is 134 Å². The fraction of sp³-hybridized carbons (Fsp3) is 0.500. The quantitative estimate of drug-likeness (QED) is 0.632. The highest BCUT2D eigenvalue weighted by molar-refractivity contribution is 5.85. The molecule has 0 spiro atoms. The third kappa shape index (κ3) is 5.16. The van der Waals surface area contributed by atoms with Gasteiger partial charge in [0.1, 0.15) is 0 Å². The van der Waals surface area contributed by atoms with Crippen molar-refractivity contribution in [3.8, 4) is 5.75 Å². The van der Waals surface area contributed by atoms with Gasteiger partial charge < -0.3 is 15.8 Å². The lowest BCUT2D eigenvalue weighted by Gasteiger charge is -2.26. The highest BCUT2D eigenvalue weighted by atomic mass is 35.5. The Morgan fingerprint density at radius 1 is 1.32 bits per heavy atom. The summed E-state index contributed by atoms with van der Waals surface area (Å²) in [7, 11) is 0. The summed E-state index contributed by atoms with van der Waals surface area (Å²) < 4.78 is 5.24. The van der Waals surface area contributed by atoms with Crippen molar-refractivity contribution >= 4 is 24.0 Å². The molecule has 1 aliphatic rings. The van der Waals surface area contributed by atoms with Crippen LogP contribution in [-0.2, 0) is 4.79 Å². The van der Waals surface area contributed by atoms with Gasteiger partial charge in [0.25, 0.3) is 5.91 Å². The second-order valence-electron chi connectivity index (χ2n) is 5.19. The monoisotopic (exact) mass is 329 g/mol. The number of nitro groups is 1. The van der Waals surface area contributed by atoms with Gasteiger partial charge in [0.2, 0.25) is 0 Å². The molecule has 1 aromatic rings. The van der Waals surface area contributed by atoms with Crippen LogP contribution >= 0.6 is 12.4 Å². The summed E-state index contributed by atoms with van der Waals surface area (Å²) in [6.45, 7) is -0.229. The Kier molecular flexibility index (Phi) is 7.07. The molecule has 0 aromatic heterocycles. The van der Waals surface area contributed by atoms with Crippen molar-refractivity contribution in [2.75, 3.05) is 6.61 Å². The average molecular weight is 330 g/mol. The van der Waals surface area contributed by atoms with Crippen LogP contribution in [-0.4, -0.2) is 29.5 Å². The molecule has 2 rings (SSSR count). The molecule has 1 fully saturated rings. The molecular weight excluding hydrogens is 310 g/mol. The lowest BCUT2D eigenvalue weighted by Crippen LogP contribution is -2.42. The largest absolute Gasteiger partial charge is 0.477 e. The van der Waals surface area contributed by atoms with Crippen LogP contribution in [0.25, 0.3) is 0 Å². The van der Waals surface area contributed by atoms with Gasteiger partial charge in [-0.2, -0.15) is 0 Å². The summed E-state index contributed by atoms with van der Waals surface area (Å²) in [6.07, 6.45) is 3.52. The van der Waals surface area contributed by atoms with E-state index in [2.05, 4.69) is 5.32 Å². The Hall–Kier alpha value is -1.86. The Morgan fingerprint density at radius 3 is 2.59 bits per heavy atom. The van der Waals surface area contributed by atoms with E-state index in [0.717, 1.165) is 25.7 Å². The summed E-state index contributed by atoms with van der Waals surface area (Å²) in [5.41, 5.74) is 5.66. The fourth-order valence-corrected chi connectivity index (χ4v) is 2.41. The number of amides is 1. The van der Waals surface area contributed by atoms with Crippen LogP contribution in [0.2, 0.25) is 0 Å². The number of para-hydroxylation sites is 2. The maximum atomic E-state index is 11.8. The van der Waals surface area contributed by atoms with E-state index in [1.807, 2.05) is 0 Å². The molecule has 1 amide bonds. The molecule has 3 N–H and O–H groups in total. The number of nitrogens with two attached hydrogens (primary N) is 1. The molecule has 1 aromatic carbocycles. The van der Waals surface area contributed by atoms with Crippen molar-refractivity contribution in [2.45, 2.75) is 37.8 Å². The number of hydrogen-bond acceptors (Lipinski definition) is 5. The zero-order valence-electron chi connectivity index (χ0n) is 12.1. The highest BCUT2D eigenvalue weighted by Gasteiger charge is 2.21. The number of carbonyl (C=O) groups is 1. The Morgan fingerprint density at radius 2 is 1.95 bits per heavy atom. The molecule has 0 unspecified atom stereocenters. The molecule has 122 valence electrons. The van der Waals surface area contributed by atoms with E-state index >= 15 is 0 Å². The number of nitrogens with one attached hydrogen (secondary N) is 1. The Bertz CT molecular complexity index is 519. The molecule has 0 aliphatic heterocycles. The number of halogens is 1. The van der Waals surface area contributed by atoms with E-state index < -0.39 is 4.92 Å². The van der Waals surface area contributed by atoms with Crippen molar-refractivity contribution in [3.63, 3.8) is 0 Å². The normalized spacial score (nSPS) is 20.6. The van der Waals surface area contributed by atoms with Crippen LogP contribution in [0.1, 0.15) is 25.7 Å². The van der Waals surface area contributed by atoms with Crippen LogP contribution in [0.5, 0.6) is 5.75 Å². The molecule has 0 bridgehead atoms. The molecule has 1 aliphatic carbocycles. The Balaban J connectivity index is 0.00000242. The highest BCUT2D eigenvalue weighted by Crippen LogP contribution is 2.25. The summed E-state index contributed by atoms with van der Waals surface area (Å²) in [6, 6.07) is 6.34. The third-order valence-corrected chi connectivity index (χ3v) is 3.56. The number of nitrogens with zero attached hydrogens (tertiary/aromatic N) is 1. The molecule has 0 saturated heterocycles. The van der Waals surface area contributed by atoms with Crippen molar-refractivity contribution in [1.29, 1.82) is 0 Å². The van der Waals surface area contributed by atoms with Gasteiger partial charge in [-0.25, -0.2) is 0 Å². The van der Waals surface area contributed by atoms with Crippen LogP contribution in [0.15, 0.2) is 24.3 Å². The van der Waals surface area contributed by atoms with Crippen LogP contribution in [0, 0.1) is 10.1 Å². The second-order valence-corrected chi connectivity index (χ2v) is 5.19. The van der Waals surface area contributed by atoms with Gasteiger partial charge in [0.15, 0.2) is 12.4 Å². The number of ether oxygens (including phenoxy) is 1. The first-order valence-corrected chi connectivity index (χ1v) is 6.97. The van der Waals surface area contributed by atoms with Crippen molar-refractivity contribution in [2.24, 2.45) is 5.73 Å². The summed E-state index contributed by atoms with van der Waals surface area (Å²) in [4.78, 5) is 22.1. The first-order valence-electron chi connectivity index (χ1n) is 6.97. The van der Waals surface area contributed by atoms with Gasteiger partial charge in [-0.05, 0) is 31.7 Å². The van der Waals surface area contributed by atoms with Crippen LogP contribution < -0.4 is 15.8 Å². The number of rotatable bonds is 5. The minimum absolute atomic E-state index is 0. The van der Waals surface area contributed by atoms with Crippen LogP contribution in [0.3, 0.4) is 0 Å². The van der Waals surface area contributed by atoms with E-state index in [-0.39, 0.29) is 48.4 Å². The fourth-order valence-electron chi connectivity index (χ4n) is 2.41. The lowest BCUT2D eigenvalue weighted by molar-refractivity contribution is -0.385. The SMILES string of the molecule is Cl.NC1CCC(NC(=O)COc2ccccc2[N+](=O)[O-])CC1. The number of carbonyl (C=O) groups excluding carboxylic acids is 1. The molecular formula is C14H20ClN3O4. The lowest BCUT2D eigenvalue weighted by atomic mass is 9.92. The second kappa shape index (κ2) is 8.55. The first kappa shape index (κ1) is 18.2. The van der Waals surface area contributed by atoms with E-state index in [0.29, 0.717) is 0 Å². The molecule has 8 heteroatoms.